The number of esters is 2. The Balaban J connectivity index is 1.55. The standard InChI is InChI=1S/C31H38N4O6/c1-4-40-30(37)29(31(38)41-5-2)26(27-17-18-32-21-34-27)19-24(36)11-7-6-9-23-10-8-12-28(35-23)33-20-22-13-15-25(39-3)16-14-22/h8,10,12-18,21,26,29H,4-7,9,11,19-20H2,1-3H3,(H,33,35). The lowest BCUT2D eigenvalue weighted by molar-refractivity contribution is -0.163. The van der Waals surface area contributed by atoms with Crippen molar-refractivity contribution >= 4 is 23.5 Å². The molecule has 0 saturated heterocycles. The molecule has 2 heterocycles. The summed E-state index contributed by atoms with van der Waals surface area (Å²) in [5, 5.41) is 3.34. The molecule has 3 aromatic rings. The molecule has 0 saturated carbocycles. The normalized spacial score (nSPS) is 11.5. The van der Waals surface area contributed by atoms with Crippen LogP contribution in [0.1, 0.15) is 62.4 Å². The van der Waals surface area contributed by atoms with Crippen molar-refractivity contribution in [3.63, 3.8) is 0 Å². The Hall–Kier alpha value is -4.34. The Bertz CT molecular complexity index is 1230. The second-order valence-electron chi connectivity index (χ2n) is 9.39. The van der Waals surface area contributed by atoms with E-state index in [1.807, 2.05) is 42.5 Å². The van der Waals surface area contributed by atoms with Gasteiger partial charge in [0.2, 0.25) is 0 Å². The first-order valence-electron chi connectivity index (χ1n) is 13.9. The van der Waals surface area contributed by atoms with Gasteiger partial charge < -0.3 is 19.5 Å². The molecule has 0 aliphatic carbocycles. The van der Waals surface area contributed by atoms with Crippen molar-refractivity contribution < 1.29 is 28.6 Å². The highest BCUT2D eigenvalue weighted by Gasteiger charge is 2.40. The number of ketones is 1. The average Bonchev–Trinajstić information content (AvgIpc) is 2.99. The van der Waals surface area contributed by atoms with Crippen LogP contribution in [-0.4, -0.2) is 53.0 Å². The van der Waals surface area contributed by atoms with Gasteiger partial charge in [-0.15, -0.1) is 0 Å². The Morgan fingerprint density at radius 1 is 0.927 bits per heavy atom. The van der Waals surface area contributed by atoms with Gasteiger partial charge in [-0.25, -0.2) is 15.0 Å². The van der Waals surface area contributed by atoms with Gasteiger partial charge in [-0.3, -0.25) is 14.4 Å². The van der Waals surface area contributed by atoms with E-state index in [1.165, 1.54) is 12.5 Å². The van der Waals surface area contributed by atoms with Crippen LogP contribution in [0.15, 0.2) is 61.1 Å². The quantitative estimate of drug-likeness (QED) is 0.140. The number of methoxy groups -OCH3 is 1. The predicted octanol–water partition coefficient (Wildman–Crippen LogP) is 4.69. The second kappa shape index (κ2) is 16.7. The minimum atomic E-state index is -1.29. The first-order chi connectivity index (χ1) is 19.9. The van der Waals surface area contributed by atoms with E-state index < -0.39 is 23.8 Å². The molecule has 10 heteroatoms. The van der Waals surface area contributed by atoms with Crippen LogP contribution in [0.4, 0.5) is 5.82 Å². The van der Waals surface area contributed by atoms with Crippen LogP contribution in [0.2, 0.25) is 0 Å². The van der Waals surface area contributed by atoms with Gasteiger partial charge in [-0.1, -0.05) is 18.2 Å². The highest BCUT2D eigenvalue weighted by Crippen LogP contribution is 2.30. The molecule has 0 aliphatic heterocycles. The molecule has 1 N–H and O–H groups in total. The van der Waals surface area contributed by atoms with Crippen molar-refractivity contribution in [3.05, 3.63) is 78.0 Å². The fraction of sp³-hybridized carbons (Fsp3) is 0.419. The van der Waals surface area contributed by atoms with Crippen LogP contribution >= 0.6 is 0 Å². The Morgan fingerprint density at radius 2 is 1.66 bits per heavy atom. The Labute approximate surface area is 240 Å². The first kappa shape index (κ1) is 31.2. The van der Waals surface area contributed by atoms with Gasteiger partial charge in [-0.05, 0) is 69.0 Å². The Kier molecular flexibility index (Phi) is 12.7. The van der Waals surface area contributed by atoms with Crippen molar-refractivity contribution in [2.24, 2.45) is 5.92 Å². The predicted molar refractivity (Wildman–Crippen MR) is 153 cm³/mol. The first-order valence-corrected chi connectivity index (χ1v) is 13.9. The van der Waals surface area contributed by atoms with Gasteiger partial charge in [-0.2, -0.15) is 0 Å². The maximum absolute atomic E-state index is 13.0. The number of carbonyl (C=O) groups excluding carboxylic acids is 3. The van der Waals surface area contributed by atoms with Gasteiger partial charge in [0.25, 0.3) is 0 Å². The summed E-state index contributed by atoms with van der Waals surface area (Å²) in [4.78, 5) is 51.4. The number of anilines is 1. The zero-order valence-corrected chi connectivity index (χ0v) is 23.9. The average molecular weight is 563 g/mol. The number of unbranched alkanes of at least 4 members (excludes halogenated alkanes) is 1. The molecule has 2 aromatic heterocycles. The van der Waals surface area contributed by atoms with Crippen LogP contribution in [0.25, 0.3) is 0 Å². The lowest BCUT2D eigenvalue weighted by Crippen LogP contribution is -2.35. The van der Waals surface area contributed by atoms with Crippen LogP contribution in [0, 0.1) is 5.92 Å². The minimum absolute atomic E-state index is 0.0394. The number of hydrogen-bond acceptors (Lipinski definition) is 10. The third-order valence-electron chi connectivity index (χ3n) is 6.49. The van der Waals surface area contributed by atoms with Gasteiger partial charge in [0.15, 0.2) is 5.92 Å². The van der Waals surface area contributed by atoms with Crippen molar-refractivity contribution in [1.82, 2.24) is 15.0 Å². The number of rotatable bonds is 17. The molecule has 1 aromatic carbocycles. The maximum atomic E-state index is 13.0. The van der Waals surface area contributed by atoms with Gasteiger partial charge in [0, 0.05) is 42.9 Å². The molecule has 0 aliphatic rings. The molecule has 0 amide bonds. The highest BCUT2D eigenvalue weighted by atomic mass is 16.6. The summed E-state index contributed by atoms with van der Waals surface area (Å²) in [6, 6.07) is 15.3. The highest BCUT2D eigenvalue weighted by molar-refractivity contribution is 5.97. The second-order valence-corrected chi connectivity index (χ2v) is 9.39. The molecule has 10 nitrogen and oxygen atoms in total. The van der Waals surface area contributed by atoms with Crippen molar-refractivity contribution in [3.8, 4) is 5.75 Å². The zero-order chi connectivity index (χ0) is 29.5. The van der Waals surface area contributed by atoms with E-state index >= 15 is 0 Å². The number of nitrogens with zero attached hydrogens (tertiary/aromatic N) is 3. The largest absolute Gasteiger partial charge is 0.497 e. The number of aromatic nitrogens is 3. The monoisotopic (exact) mass is 562 g/mol. The fourth-order valence-corrected chi connectivity index (χ4v) is 4.43. The number of ether oxygens (including phenoxy) is 3. The van der Waals surface area contributed by atoms with E-state index in [4.69, 9.17) is 14.2 Å². The molecular formula is C31H38N4O6. The summed E-state index contributed by atoms with van der Waals surface area (Å²) >= 11 is 0. The summed E-state index contributed by atoms with van der Waals surface area (Å²) in [5.74, 6) is -2.02. The number of Topliss-reactive ketones (excluding diaryl/α,β-unsaturated/α-hetero) is 1. The lowest BCUT2D eigenvalue weighted by Gasteiger charge is -2.23. The van der Waals surface area contributed by atoms with Crippen molar-refractivity contribution in [2.75, 3.05) is 25.6 Å². The molecule has 0 bridgehead atoms. The SMILES string of the molecule is CCOC(=O)C(C(=O)OCC)C(CC(=O)CCCCc1cccc(NCc2ccc(OC)cc2)n1)c1ccncn1. The summed E-state index contributed by atoms with van der Waals surface area (Å²) < 4.78 is 15.5. The van der Waals surface area contributed by atoms with Gasteiger partial charge in [0.1, 0.15) is 23.7 Å². The number of hydrogen-bond donors (Lipinski definition) is 1. The number of pyridine rings is 1. The van der Waals surface area contributed by atoms with E-state index in [1.54, 1.807) is 27.0 Å². The summed E-state index contributed by atoms with van der Waals surface area (Å²) in [6.45, 7) is 4.16. The summed E-state index contributed by atoms with van der Waals surface area (Å²) in [6.07, 6.45) is 5.22. The maximum Gasteiger partial charge on any atom is 0.321 e. The molecule has 41 heavy (non-hydrogen) atoms. The topological polar surface area (TPSA) is 130 Å². The van der Waals surface area contributed by atoms with E-state index in [-0.39, 0.29) is 25.4 Å². The van der Waals surface area contributed by atoms with Crippen molar-refractivity contribution in [2.45, 2.75) is 58.4 Å². The molecular weight excluding hydrogens is 524 g/mol. The third kappa shape index (κ3) is 9.97. The van der Waals surface area contributed by atoms with E-state index in [9.17, 15) is 14.4 Å². The molecule has 218 valence electrons. The number of benzene rings is 1. The molecule has 3 rings (SSSR count). The van der Waals surface area contributed by atoms with E-state index in [0.29, 0.717) is 25.1 Å². The van der Waals surface area contributed by atoms with Crippen LogP contribution in [0.3, 0.4) is 0 Å². The van der Waals surface area contributed by atoms with Gasteiger partial charge in [0.05, 0.1) is 20.3 Å². The summed E-state index contributed by atoms with van der Waals surface area (Å²) in [5.41, 5.74) is 2.47. The zero-order valence-electron chi connectivity index (χ0n) is 23.9. The lowest BCUT2D eigenvalue weighted by atomic mass is 9.84. The molecule has 0 spiro atoms. The number of carbonyl (C=O) groups is 3. The Morgan fingerprint density at radius 3 is 2.29 bits per heavy atom. The number of aryl methyl sites for hydroxylation is 1. The third-order valence-corrected chi connectivity index (χ3v) is 6.49. The molecule has 0 radical (unpaired) electrons. The van der Waals surface area contributed by atoms with E-state index in [2.05, 4.69) is 20.3 Å². The van der Waals surface area contributed by atoms with Crippen molar-refractivity contribution in [1.29, 1.82) is 0 Å². The van der Waals surface area contributed by atoms with Crippen LogP contribution in [-0.2, 0) is 36.8 Å². The van der Waals surface area contributed by atoms with E-state index in [0.717, 1.165) is 35.7 Å². The molecule has 0 fully saturated rings. The number of nitrogens with one attached hydrogen (secondary N) is 1. The minimum Gasteiger partial charge on any atom is -0.497 e. The molecule has 1 unspecified atom stereocenters. The van der Waals surface area contributed by atoms with Crippen LogP contribution < -0.4 is 10.1 Å². The smallest absolute Gasteiger partial charge is 0.321 e. The van der Waals surface area contributed by atoms with Crippen LogP contribution in [0.5, 0.6) is 5.75 Å². The fourth-order valence-electron chi connectivity index (χ4n) is 4.43. The summed E-state index contributed by atoms with van der Waals surface area (Å²) in [7, 11) is 1.64. The molecule has 1 atom stereocenters. The van der Waals surface area contributed by atoms with Gasteiger partial charge >= 0.3 is 11.9 Å².